The third kappa shape index (κ3) is 3.51. The fourth-order valence-electron chi connectivity index (χ4n) is 3.80. The van der Waals surface area contributed by atoms with Crippen molar-refractivity contribution in [3.8, 4) is 0 Å². The molecule has 4 rings (SSSR count). The predicted molar refractivity (Wildman–Crippen MR) is 89.7 cm³/mol. The van der Waals surface area contributed by atoms with Crippen LogP contribution in [0.4, 0.5) is 0 Å². The zero-order valence-corrected chi connectivity index (χ0v) is 14.0. The van der Waals surface area contributed by atoms with E-state index in [1.807, 2.05) is 4.90 Å². The van der Waals surface area contributed by atoms with Crippen LogP contribution in [0.15, 0.2) is 37.2 Å². The number of amides is 1. The Labute approximate surface area is 146 Å². The summed E-state index contributed by atoms with van der Waals surface area (Å²) < 4.78 is 6.04. The minimum absolute atomic E-state index is 0.0297. The van der Waals surface area contributed by atoms with Crippen LogP contribution in [0.1, 0.15) is 35.4 Å². The highest BCUT2D eigenvalue weighted by molar-refractivity contribution is 5.92. The Morgan fingerprint density at radius 1 is 1.12 bits per heavy atom. The third-order valence-corrected chi connectivity index (χ3v) is 5.23. The summed E-state index contributed by atoms with van der Waals surface area (Å²) in [6.07, 6.45) is 13.8. The maximum atomic E-state index is 12.5. The molecule has 1 spiro atoms. The molecule has 2 aliphatic rings. The minimum Gasteiger partial charge on any atom is -0.377 e. The number of hydrogen-bond donors (Lipinski definition) is 0. The number of carbonyl (C=O) groups excluding carboxylic acids is 1. The first-order chi connectivity index (χ1) is 12.2. The van der Waals surface area contributed by atoms with E-state index in [0.29, 0.717) is 5.69 Å². The number of aromatic nitrogens is 4. The fourth-order valence-corrected chi connectivity index (χ4v) is 3.80. The van der Waals surface area contributed by atoms with Crippen molar-refractivity contribution in [2.24, 2.45) is 5.41 Å². The van der Waals surface area contributed by atoms with Crippen molar-refractivity contribution in [3.63, 3.8) is 0 Å². The van der Waals surface area contributed by atoms with Crippen LogP contribution in [-0.2, 0) is 11.2 Å². The van der Waals surface area contributed by atoms with Crippen LogP contribution in [0, 0.1) is 5.41 Å². The number of carbonyl (C=O) groups is 1. The summed E-state index contributed by atoms with van der Waals surface area (Å²) in [5.74, 6) is -0.0297. The van der Waals surface area contributed by atoms with Crippen LogP contribution >= 0.6 is 0 Å². The van der Waals surface area contributed by atoms with Gasteiger partial charge in [0.05, 0.1) is 24.6 Å². The smallest absolute Gasteiger partial charge is 0.274 e. The molecule has 1 atom stereocenters. The van der Waals surface area contributed by atoms with E-state index in [-0.39, 0.29) is 17.4 Å². The number of rotatable bonds is 3. The first-order valence-corrected chi connectivity index (χ1v) is 8.66. The molecule has 0 bridgehead atoms. The van der Waals surface area contributed by atoms with Gasteiger partial charge in [0.2, 0.25) is 0 Å². The maximum Gasteiger partial charge on any atom is 0.274 e. The van der Waals surface area contributed by atoms with Gasteiger partial charge in [-0.2, -0.15) is 0 Å². The van der Waals surface area contributed by atoms with Gasteiger partial charge in [-0.25, -0.2) is 4.98 Å². The van der Waals surface area contributed by atoms with Crippen molar-refractivity contribution in [2.75, 3.05) is 19.7 Å². The molecule has 7 nitrogen and oxygen atoms in total. The Balaban J connectivity index is 1.33. The van der Waals surface area contributed by atoms with Crippen molar-refractivity contribution in [3.05, 3.63) is 48.6 Å². The monoisotopic (exact) mass is 339 g/mol. The van der Waals surface area contributed by atoms with Crippen LogP contribution in [0.5, 0.6) is 0 Å². The molecule has 0 aromatic carbocycles. The number of ether oxygens (including phenoxy) is 1. The Hall–Kier alpha value is -2.41. The van der Waals surface area contributed by atoms with Crippen molar-refractivity contribution in [2.45, 2.75) is 31.8 Å². The second kappa shape index (κ2) is 6.84. The molecule has 130 valence electrons. The SMILES string of the molecule is O=C(c1cnccn1)N1CCC2(CC1)COC(Cc1cnccn1)C2. The Kier molecular flexibility index (Phi) is 4.40. The fraction of sp³-hybridized carbons (Fsp3) is 0.500. The van der Waals surface area contributed by atoms with Crippen LogP contribution in [-0.4, -0.2) is 56.5 Å². The van der Waals surface area contributed by atoms with Crippen molar-refractivity contribution < 1.29 is 9.53 Å². The minimum atomic E-state index is -0.0297. The highest BCUT2D eigenvalue weighted by Crippen LogP contribution is 2.42. The van der Waals surface area contributed by atoms with E-state index in [4.69, 9.17) is 4.74 Å². The lowest BCUT2D eigenvalue weighted by Gasteiger charge is -2.38. The summed E-state index contributed by atoms with van der Waals surface area (Å²) in [6, 6.07) is 0. The summed E-state index contributed by atoms with van der Waals surface area (Å²) in [7, 11) is 0. The topological polar surface area (TPSA) is 81.1 Å². The summed E-state index contributed by atoms with van der Waals surface area (Å²) in [4.78, 5) is 30.9. The molecule has 2 fully saturated rings. The average molecular weight is 339 g/mol. The summed E-state index contributed by atoms with van der Waals surface area (Å²) in [5, 5.41) is 0. The lowest BCUT2D eigenvalue weighted by molar-refractivity contribution is 0.0491. The van der Waals surface area contributed by atoms with Crippen LogP contribution in [0.3, 0.4) is 0 Å². The normalized spacial score (nSPS) is 22.2. The molecule has 4 heterocycles. The van der Waals surface area contributed by atoms with Gasteiger partial charge in [-0.3, -0.25) is 19.7 Å². The highest BCUT2D eigenvalue weighted by Gasteiger charge is 2.43. The Bertz CT molecular complexity index is 717. The Morgan fingerprint density at radius 3 is 2.56 bits per heavy atom. The quantitative estimate of drug-likeness (QED) is 0.843. The summed E-state index contributed by atoms with van der Waals surface area (Å²) in [5.41, 5.74) is 1.58. The van der Waals surface area contributed by atoms with Gasteiger partial charge in [0.25, 0.3) is 5.91 Å². The standard InChI is InChI=1S/C18H21N5O2/c24-17(16-12-20-4-6-22-16)23-7-1-18(2-8-23)10-15(25-13-18)9-14-11-19-3-5-21-14/h3-6,11-12,15H,1-2,7-10,13H2. The van der Waals surface area contributed by atoms with Gasteiger partial charge in [0.15, 0.2) is 0 Å². The number of piperidine rings is 1. The van der Waals surface area contributed by atoms with Crippen LogP contribution in [0.25, 0.3) is 0 Å². The highest BCUT2D eigenvalue weighted by atomic mass is 16.5. The van der Waals surface area contributed by atoms with Crippen LogP contribution < -0.4 is 0 Å². The van der Waals surface area contributed by atoms with Crippen molar-refractivity contribution >= 4 is 5.91 Å². The zero-order valence-electron chi connectivity index (χ0n) is 14.0. The number of nitrogens with zero attached hydrogens (tertiary/aromatic N) is 5. The lowest BCUT2D eigenvalue weighted by Crippen LogP contribution is -2.43. The van der Waals surface area contributed by atoms with Gasteiger partial charge in [0.1, 0.15) is 5.69 Å². The molecule has 0 radical (unpaired) electrons. The van der Waals surface area contributed by atoms with E-state index in [1.165, 1.54) is 6.20 Å². The van der Waals surface area contributed by atoms with E-state index >= 15 is 0 Å². The second-order valence-corrected chi connectivity index (χ2v) is 6.92. The van der Waals surface area contributed by atoms with Gasteiger partial charge >= 0.3 is 0 Å². The Morgan fingerprint density at radius 2 is 1.88 bits per heavy atom. The van der Waals surface area contributed by atoms with E-state index in [0.717, 1.165) is 51.1 Å². The molecule has 2 aromatic rings. The predicted octanol–water partition coefficient (Wildman–Crippen LogP) is 1.52. The average Bonchev–Trinajstić information content (AvgIpc) is 3.05. The van der Waals surface area contributed by atoms with E-state index in [9.17, 15) is 4.79 Å². The van der Waals surface area contributed by atoms with Gasteiger partial charge in [-0.1, -0.05) is 0 Å². The van der Waals surface area contributed by atoms with Gasteiger partial charge in [0, 0.05) is 50.5 Å². The first-order valence-electron chi connectivity index (χ1n) is 8.66. The lowest BCUT2D eigenvalue weighted by atomic mass is 9.76. The molecule has 1 unspecified atom stereocenters. The van der Waals surface area contributed by atoms with E-state index < -0.39 is 0 Å². The molecule has 25 heavy (non-hydrogen) atoms. The van der Waals surface area contributed by atoms with Gasteiger partial charge in [-0.15, -0.1) is 0 Å². The maximum absolute atomic E-state index is 12.5. The van der Waals surface area contributed by atoms with E-state index in [2.05, 4.69) is 19.9 Å². The summed E-state index contributed by atoms with van der Waals surface area (Å²) in [6.45, 7) is 2.26. The van der Waals surface area contributed by atoms with Crippen molar-refractivity contribution in [1.82, 2.24) is 24.8 Å². The second-order valence-electron chi connectivity index (χ2n) is 6.92. The number of hydrogen-bond acceptors (Lipinski definition) is 6. The molecule has 2 saturated heterocycles. The van der Waals surface area contributed by atoms with Crippen molar-refractivity contribution in [1.29, 1.82) is 0 Å². The molecule has 0 N–H and O–H groups in total. The molecule has 2 aromatic heterocycles. The summed E-state index contributed by atoms with van der Waals surface area (Å²) >= 11 is 0. The van der Waals surface area contributed by atoms with Gasteiger partial charge in [-0.05, 0) is 24.7 Å². The van der Waals surface area contributed by atoms with E-state index in [1.54, 1.807) is 31.0 Å². The molecule has 2 aliphatic heterocycles. The molecule has 7 heteroatoms. The zero-order chi connectivity index (χ0) is 17.1. The first kappa shape index (κ1) is 16.1. The molecular formula is C18H21N5O2. The molecule has 0 saturated carbocycles. The molecule has 0 aliphatic carbocycles. The van der Waals surface area contributed by atoms with Gasteiger partial charge < -0.3 is 9.64 Å². The largest absolute Gasteiger partial charge is 0.377 e. The number of likely N-dealkylation sites (tertiary alicyclic amines) is 1. The van der Waals surface area contributed by atoms with Crippen LogP contribution in [0.2, 0.25) is 0 Å². The molecule has 1 amide bonds. The third-order valence-electron chi connectivity index (χ3n) is 5.23. The molecular weight excluding hydrogens is 318 g/mol.